The minimum atomic E-state index is -0.282. The summed E-state index contributed by atoms with van der Waals surface area (Å²) in [6.45, 7) is 4.10. The van der Waals surface area contributed by atoms with Gasteiger partial charge in [0.1, 0.15) is 13.2 Å². The second kappa shape index (κ2) is 9.48. The summed E-state index contributed by atoms with van der Waals surface area (Å²) in [5, 5.41) is 4.05. The van der Waals surface area contributed by atoms with Crippen molar-refractivity contribution in [3.63, 3.8) is 0 Å². The molecule has 146 valence electrons. The SMILES string of the molecule is C[C@@H](N)COCc1nc(C2CCN(C(=O)OCc3ccccc3)CC2)no1. The highest BCUT2D eigenvalue weighted by Gasteiger charge is 2.27. The van der Waals surface area contributed by atoms with Gasteiger partial charge in [0.15, 0.2) is 5.82 Å². The fourth-order valence-electron chi connectivity index (χ4n) is 2.96. The first-order valence-electron chi connectivity index (χ1n) is 9.23. The lowest BCUT2D eigenvalue weighted by molar-refractivity contribution is 0.0864. The molecule has 8 nitrogen and oxygen atoms in total. The van der Waals surface area contributed by atoms with E-state index in [1.54, 1.807) is 4.90 Å². The fourth-order valence-corrected chi connectivity index (χ4v) is 2.96. The van der Waals surface area contributed by atoms with Crippen LogP contribution < -0.4 is 5.73 Å². The number of rotatable bonds is 7. The van der Waals surface area contributed by atoms with Crippen molar-refractivity contribution in [3.8, 4) is 0 Å². The molecular weight excluding hydrogens is 348 g/mol. The van der Waals surface area contributed by atoms with Crippen molar-refractivity contribution in [3.05, 3.63) is 47.6 Å². The largest absolute Gasteiger partial charge is 0.445 e. The zero-order valence-corrected chi connectivity index (χ0v) is 15.5. The van der Waals surface area contributed by atoms with E-state index < -0.39 is 0 Å². The number of carbonyl (C=O) groups is 1. The van der Waals surface area contributed by atoms with Crippen LogP contribution in [0.4, 0.5) is 4.79 Å². The lowest BCUT2D eigenvalue weighted by Crippen LogP contribution is -2.38. The van der Waals surface area contributed by atoms with Gasteiger partial charge in [-0.2, -0.15) is 4.98 Å². The molecule has 27 heavy (non-hydrogen) atoms. The third kappa shape index (κ3) is 5.77. The lowest BCUT2D eigenvalue weighted by Gasteiger charge is -2.29. The minimum Gasteiger partial charge on any atom is -0.445 e. The van der Waals surface area contributed by atoms with Gasteiger partial charge in [-0.3, -0.25) is 0 Å². The molecule has 0 aliphatic carbocycles. The number of nitrogens with two attached hydrogens (primary N) is 1. The number of piperidine rings is 1. The van der Waals surface area contributed by atoms with Crippen LogP contribution in [-0.2, 0) is 22.7 Å². The average molecular weight is 374 g/mol. The second-order valence-electron chi connectivity index (χ2n) is 6.84. The maximum Gasteiger partial charge on any atom is 0.410 e. The monoisotopic (exact) mass is 374 g/mol. The summed E-state index contributed by atoms with van der Waals surface area (Å²) < 4.78 is 16.0. The van der Waals surface area contributed by atoms with Gasteiger partial charge in [0.25, 0.3) is 5.89 Å². The van der Waals surface area contributed by atoms with Crippen LogP contribution in [0.2, 0.25) is 0 Å². The Morgan fingerprint density at radius 3 is 2.74 bits per heavy atom. The van der Waals surface area contributed by atoms with Gasteiger partial charge in [-0.1, -0.05) is 35.5 Å². The Balaban J connectivity index is 1.42. The average Bonchev–Trinajstić information content (AvgIpc) is 3.16. The zero-order chi connectivity index (χ0) is 19.1. The number of carbonyl (C=O) groups excluding carboxylic acids is 1. The van der Waals surface area contributed by atoms with Crippen LogP contribution in [0.5, 0.6) is 0 Å². The van der Waals surface area contributed by atoms with E-state index in [4.69, 9.17) is 19.7 Å². The Morgan fingerprint density at radius 2 is 2.04 bits per heavy atom. The molecule has 0 spiro atoms. The zero-order valence-electron chi connectivity index (χ0n) is 15.5. The van der Waals surface area contributed by atoms with Crippen LogP contribution in [-0.4, -0.2) is 46.9 Å². The van der Waals surface area contributed by atoms with E-state index >= 15 is 0 Å². The first-order chi connectivity index (χ1) is 13.1. The molecule has 1 amide bonds. The quantitative estimate of drug-likeness (QED) is 0.794. The van der Waals surface area contributed by atoms with Crippen LogP contribution >= 0.6 is 0 Å². The maximum atomic E-state index is 12.2. The molecule has 0 unspecified atom stereocenters. The summed E-state index contributed by atoms with van der Waals surface area (Å²) in [4.78, 5) is 18.3. The highest BCUT2D eigenvalue weighted by atomic mass is 16.6. The molecule has 2 N–H and O–H groups in total. The van der Waals surface area contributed by atoms with Gasteiger partial charge < -0.3 is 24.6 Å². The molecule has 3 rings (SSSR count). The van der Waals surface area contributed by atoms with Gasteiger partial charge in [-0.25, -0.2) is 4.79 Å². The molecule has 1 aliphatic heterocycles. The van der Waals surface area contributed by atoms with E-state index in [1.807, 2.05) is 37.3 Å². The molecule has 8 heteroatoms. The van der Waals surface area contributed by atoms with Gasteiger partial charge in [0.05, 0.1) is 6.61 Å². The van der Waals surface area contributed by atoms with E-state index in [2.05, 4.69) is 10.1 Å². The molecule has 0 bridgehead atoms. The summed E-state index contributed by atoms with van der Waals surface area (Å²) in [6.07, 6.45) is 1.27. The van der Waals surface area contributed by atoms with Crippen LogP contribution in [0.1, 0.15) is 43.0 Å². The van der Waals surface area contributed by atoms with Crippen molar-refractivity contribution in [2.24, 2.45) is 5.73 Å². The molecule has 1 aliphatic rings. The van der Waals surface area contributed by atoms with E-state index in [0.717, 1.165) is 18.4 Å². The van der Waals surface area contributed by atoms with Gasteiger partial charge in [0.2, 0.25) is 0 Å². The predicted molar refractivity (Wildman–Crippen MR) is 97.8 cm³/mol. The first-order valence-corrected chi connectivity index (χ1v) is 9.23. The molecule has 0 radical (unpaired) electrons. The number of nitrogens with zero attached hydrogens (tertiary/aromatic N) is 3. The third-order valence-electron chi connectivity index (χ3n) is 4.41. The Kier molecular flexibility index (Phi) is 6.78. The van der Waals surface area contributed by atoms with E-state index in [0.29, 0.717) is 31.4 Å². The molecule has 1 aromatic heterocycles. The van der Waals surface area contributed by atoms with Crippen molar-refractivity contribution >= 4 is 6.09 Å². The smallest absolute Gasteiger partial charge is 0.410 e. The summed E-state index contributed by atoms with van der Waals surface area (Å²) in [7, 11) is 0. The van der Waals surface area contributed by atoms with Crippen LogP contribution in [0, 0.1) is 0 Å². The highest BCUT2D eigenvalue weighted by Crippen LogP contribution is 2.26. The molecule has 1 atom stereocenters. The Bertz CT molecular complexity index is 712. The van der Waals surface area contributed by atoms with Gasteiger partial charge in [0, 0.05) is 25.0 Å². The summed E-state index contributed by atoms with van der Waals surface area (Å²) >= 11 is 0. The summed E-state index contributed by atoms with van der Waals surface area (Å²) in [6, 6.07) is 9.63. The van der Waals surface area contributed by atoms with Crippen molar-refractivity contribution in [2.45, 2.75) is 44.9 Å². The summed E-state index contributed by atoms with van der Waals surface area (Å²) in [5.74, 6) is 1.30. The molecular formula is C19H26N4O4. The number of aromatic nitrogens is 2. The number of likely N-dealkylation sites (tertiary alicyclic amines) is 1. The van der Waals surface area contributed by atoms with Gasteiger partial charge in [-0.15, -0.1) is 0 Å². The maximum absolute atomic E-state index is 12.2. The van der Waals surface area contributed by atoms with E-state index in [9.17, 15) is 4.79 Å². The van der Waals surface area contributed by atoms with Crippen LogP contribution in [0.25, 0.3) is 0 Å². The standard InChI is InChI=1S/C19H26N4O4/c1-14(20)11-25-13-17-21-18(22-27-17)16-7-9-23(10-8-16)19(24)26-12-15-5-3-2-4-6-15/h2-6,14,16H,7-13,20H2,1H3/t14-/m1/s1. The highest BCUT2D eigenvalue weighted by molar-refractivity contribution is 5.67. The Morgan fingerprint density at radius 1 is 1.30 bits per heavy atom. The predicted octanol–water partition coefficient (Wildman–Crippen LogP) is 2.45. The van der Waals surface area contributed by atoms with E-state index in [-0.39, 0.29) is 31.3 Å². The Hall–Kier alpha value is -2.45. The second-order valence-corrected chi connectivity index (χ2v) is 6.84. The van der Waals surface area contributed by atoms with Crippen molar-refractivity contribution in [2.75, 3.05) is 19.7 Å². The van der Waals surface area contributed by atoms with Gasteiger partial charge >= 0.3 is 6.09 Å². The van der Waals surface area contributed by atoms with Gasteiger partial charge in [-0.05, 0) is 25.3 Å². The van der Waals surface area contributed by atoms with E-state index in [1.165, 1.54) is 0 Å². The lowest BCUT2D eigenvalue weighted by atomic mass is 9.96. The van der Waals surface area contributed by atoms with Crippen LogP contribution in [0.3, 0.4) is 0 Å². The minimum absolute atomic E-state index is 0.0293. The topological polar surface area (TPSA) is 104 Å². The molecule has 1 saturated heterocycles. The normalized spacial score (nSPS) is 16.3. The van der Waals surface area contributed by atoms with Crippen LogP contribution in [0.15, 0.2) is 34.9 Å². The molecule has 0 saturated carbocycles. The molecule has 1 fully saturated rings. The first kappa shape index (κ1) is 19.3. The molecule has 1 aromatic carbocycles. The number of ether oxygens (including phenoxy) is 2. The number of amides is 1. The Labute approximate surface area is 158 Å². The summed E-state index contributed by atoms with van der Waals surface area (Å²) in [5.41, 5.74) is 6.61. The fraction of sp³-hybridized carbons (Fsp3) is 0.526. The number of hydrogen-bond donors (Lipinski definition) is 1. The molecule has 2 aromatic rings. The third-order valence-corrected chi connectivity index (χ3v) is 4.41. The molecule has 2 heterocycles. The van der Waals surface area contributed by atoms with Crippen molar-refractivity contribution in [1.82, 2.24) is 15.0 Å². The van der Waals surface area contributed by atoms with Crippen molar-refractivity contribution < 1.29 is 18.8 Å². The number of hydrogen-bond acceptors (Lipinski definition) is 7. The number of benzene rings is 1. The van der Waals surface area contributed by atoms with Crippen molar-refractivity contribution in [1.29, 1.82) is 0 Å².